The summed E-state index contributed by atoms with van der Waals surface area (Å²) in [5.41, 5.74) is 1.09. The molecule has 1 heterocycles. The molecule has 1 aromatic carbocycles. The van der Waals surface area contributed by atoms with Crippen LogP contribution in [-0.4, -0.2) is 28.7 Å². The molecule has 1 aromatic heterocycles. The highest BCUT2D eigenvalue weighted by atomic mass is 19.1. The van der Waals surface area contributed by atoms with Crippen LogP contribution in [0.15, 0.2) is 24.3 Å². The number of nitrogens with zero attached hydrogens (tertiary/aromatic N) is 1. The van der Waals surface area contributed by atoms with Crippen molar-refractivity contribution in [3.05, 3.63) is 35.8 Å². The Hall–Kier alpha value is -1.88. The quantitative estimate of drug-likeness (QED) is 0.806. The van der Waals surface area contributed by atoms with Gasteiger partial charge < -0.3 is 15.0 Å². The van der Waals surface area contributed by atoms with Crippen LogP contribution in [0.25, 0.3) is 10.9 Å². The summed E-state index contributed by atoms with van der Waals surface area (Å²) in [4.78, 5) is 11.9. The summed E-state index contributed by atoms with van der Waals surface area (Å²) >= 11 is 0. The SMILES string of the molecule is Cn1c(C(=O)NCCCO)cc2c(F)cccc21. The van der Waals surface area contributed by atoms with Gasteiger partial charge in [-0.25, -0.2) is 4.39 Å². The van der Waals surface area contributed by atoms with E-state index in [2.05, 4.69) is 5.32 Å². The van der Waals surface area contributed by atoms with Crippen molar-refractivity contribution < 1.29 is 14.3 Å². The van der Waals surface area contributed by atoms with E-state index in [1.54, 1.807) is 29.8 Å². The number of benzene rings is 1. The smallest absolute Gasteiger partial charge is 0.267 e. The monoisotopic (exact) mass is 250 g/mol. The first-order valence-corrected chi connectivity index (χ1v) is 5.78. The molecule has 96 valence electrons. The predicted molar refractivity (Wildman–Crippen MR) is 66.9 cm³/mol. The molecule has 2 aromatic rings. The van der Waals surface area contributed by atoms with Gasteiger partial charge >= 0.3 is 0 Å². The van der Waals surface area contributed by atoms with Crippen LogP contribution in [0.4, 0.5) is 4.39 Å². The van der Waals surface area contributed by atoms with Crippen LogP contribution in [0, 0.1) is 5.82 Å². The van der Waals surface area contributed by atoms with Crippen molar-refractivity contribution in [2.75, 3.05) is 13.2 Å². The molecule has 1 amide bonds. The molecular formula is C13H15FN2O2. The predicted octanol–water partition coefficient (Wildman–Crippen LogP) is 1.43. The fraction of sp³-hybridized carbons (Fsp3) is 0.308. The molecule has 2 rings (SSSR count). The molecule has 0 bridgehead atoms. The molecule has 18 heavy (non-hydrogen) atoms. The van der Waals surface area contributed by atoms with E-state index >= 15 is 0 Å². The number of aliphatic hydroxyl groups excluding tert-OH is 1. The van der Waals surface area contributed by atoms with Crippen molar-refractivity contribution in [2.24, 2.45) is 7.05 Å². The molecule has 0 aliphatic heterocycles. The van der Waals surface area contributed by atoms with E-state index in [1.165, 1.54) is 6.07 Å². The first-order valence-electron chi connectivity index (χ1n) is 5.78. The summed E-state index contributed by atoms with van der Waals surface area (Å²) in [6.07, 6.45) is 0.504. The second-order valence-electron chi connectivity index (χ2n) is 4.09. The lowest BCUT2D eigenvalue weighted by Gasteiger charge is -2.05. The van der Waals surface area contributed by atoms with Gasteiger partial charge in [-0.2, -0.15) is 0 Å². The third-order valence-corrected chi connectivity index (χ3v) is 2.89. The Bertz CT molecular complexity index is 578. The largest absolute Gasteiger partial charge is 0.396 e. The molecule has 2 N–H and O–H groups in total. The normalized spacial score (nSPS) is 10.8. The lowest BCUT2D eigenvalue weighted by atomic mass is 10.2. The van der Waals surface area contributed by atoms with E-state index in [1.807, 2.05) is 0 Å². The third-order valence-electron chi connectivity index (χ3n) is 2.89. The minimum Gasteiger partial charge on any atom is -0.396 e. The number of rotatable bonds is 4. The molecule has 0 radical (unpaired) electrons. The number of amides is 1. The maximum absolute atomic E-state index is 13.6. The fourth-order valence-corrected chi connectivity index (χ4v) is 1.91. The van der Waals surface area contributed by atoms with Crippen LogP contribution in [0.5, 0.6) is 0 Å². The average Bonchev–Trinajstić information content (AvgIpc) is 2.69. The molecule has 0 saturated heterocycles. The number of halogens is 1. The van der Waals surface area contributed by atoms with E-state index in [0.717, 1.165) is 0 Å². The topological polar surface area (TPSA) is 54.3 Å². The van der Waals surface area contributed by atoms with Gasteiger partial charge in [0.1, 0.15) is 11.5 Å². The van der Waals surface area contributed by atoms with Gasteiger partial charge in [-0.05, 0) is 24.6 Å². The zero-order valence-electron chi connectivity index (χ0n) is 10.1. The number of aliphatic hydroxyl groups is 1. The summed E-state index contributed by atoms with van der Waals surface area (Å²) < 4.78 is 15.2. The Kier molecular flexibility index (Phi) is 3.62. The van der Waals surface area contributed by atoms with Crippen molar-refractivity contribution in [1.29, 1.82) is 0 Å². The third kappa shape index (κ3) is 2.22. The Morgan fingerprint density at radius 2 is 2.28 bits per heavy atom. The van der Waals surface area contributed by atoms with E-state index in [9.17, 15) is 9.18 Å². The highest BCUT2D eigenvalue weighted by Crippen LogP contribution is 2.21. The molecule has 0 aliphatic rings. The number of aromatic nitrogens is 1. The molecule has 0 fully saturated rings. The van der Waals surface area contributed by atoms with Crippen LogP contribution in [-0.2, 0) is 7.05 Å². The van der Waals surface area contributed by atoms with Gasteiger partial charge in [-0.1, -0.05) is 6.07 Å². The Labute approximate surface area is 104 Å². The lowest BCUT2D eigenvalue weighted by molar-refractivity contribution is 0.0943. The highest BCUT2D eigenvalue weighted by molar-refractivity contribution is 5.98. The van der Waals surface area contributed by atoms with E-state index in [4.69, 9.17) is 5.11 Å². The second kappa shape index (κ2) is 5.18. The summed E-state index contributed by atoms with van der Waals surface area (Å²) in [5.74, 6) is -0.598. The molecule has 0 aliphatic carbocycles. The summed E-state index contributed by atoms with van der Waals surface area (Å²) in [5, 5.41) is 11.8. The molecular weight excluding hydrogens is 235 g/mol. The zero-order valence-corrected chi connectivity index (χ0v) is 10.1. The van der Waals surface area contributed by atoms with Gasteiger partial charge in [0.25, 0.3) is 5.91 Å². The van der Waals surface area contributed by atoms with Gasteiger partial charge in [-0.15, -0.1) is 0 Å². The summed E-state index contributed by atoms with van der Waals surface area (Å²) in [6.45, 7) is 0.434. The molecule has 0 atom stereocenters. The van der Waals surface area contributed by atoms with Gasteiger partial charge in [0.05, 0.1) is 5.52 Å². The Balaban J connectivity index is 2.31. The minimum absolute atomic E-state index is 0.0318. The number of fused-ring (bicyclic) bond motifs is 1. The van der Waals surface area contributed by atoms with Crippen LogP contribution in [0.3, 0.4) is 0 Å². The van der Waals surface area contributed by atoms with Crippen LogP contribution < -0.4 is 5.32 Å². The number of hydrogen-bond acceptors (Lipinski definition) is 2. The standard InChI is InChI=1S/C13H15FN2O2/c1-16-11-5-2-4-10(14)9(11)8-12(16)13(18)15-6-3-7-17/h2,4-5,8,17H,3,6-7H2,1H3,(H,15,18). The zero-order chi connectivity index (χ0) is 13.1. The highest BCUT2D eigenvalue weighted by Gasteiger charge is 2.14. The fourth-order valence-electron chi connectivity index (χ4n) is 1.91. The number of aryl methyl sites for hydroxylation is 1. The van der Waals surface area contributed by atoms with Crippen molar-refractivity contribution in [3.8, 4) is 0 Å². The van der Waals surface area contributed by atoms with Crippen molar-refractivity contribution in [3.63, 3.8) is 0 Å². The number of nitrogens with one attached hydrogen (secondary N) is 1. The summed E-state index contributed by atoms with van der Waals surface area (Å²) in [7, 11) is 1.72. The van der Waals surface area contributed by atoms with E-state index in [0.29, 0.717) is 29.6 Å². The maximum atomic E-state index is 13.6. The van der Waals surface area contributed by atoms with Crippen molar-refractivity contribution in [2.45, 2.75) is 6.42 Å². The number of hydrogen-bond donors (Lipinski definition) is 2. The van der Waals surface area contributed by atoms with Gasteiger partial charge in [0.2, 0.25) is 0 Å². The van der Waals surface area contributed by atoms with Gasteiger partial charge in [-0.3, -0.25) is 4.79 Å². The average molecular weight is 250 g/mol. The summed E-state index contributed by atoms with van der Waals surface area (Å²) in [6, 6.07) is 6.29. The molecule has 0 spiro atoms. The number of carbonyl (C=O) groups is 1. The van der Waals surface area contributed by atoms with Gasteiger partial charge in [0.15, 0.2) is 0 Å². The molecule has 4 nitrogen and oxygen atoms in total. The second-order valence-corrected chi connectivity index (χ2v) is 4.09. The van der Waals surface area contributed by atoms with Crippen LogP contribution in [0.2, 0.25) is 0 Å². The minimum atomic E-state index is -0.336. The van der Waals surface area contributed by atoms with Gasteiger partial charge in [0, 0.05) is 25.6 Å². The Morgan fingerprint density at radius 3 is 2.94 bits per heavy atom. The maximum Gasteiger partial charge on any atom is 0.267 e. The van der Waals surface area contributed by atoms with Crippen molar-refractivity contribution in [1.82, 2.24) is 9.88 Å². The molecule has 0 unspecified atom stereocenters. The van der Waals surface area contributed by atoms with Crippen molar-refractivity contribution >= 4 is 16.8 Å². The van der Waals surface area contributed by atoms with Crippen LogP contribution >= 0.6 is 0 Å². The van der Waals surface area contributed by atoms with E-state index in [-0.39, 0.29) is 18.3 Å². The van der Waals surface area contributed by atoms with Crippen LogP contribution in [0.1, 0.15) is 16.9 Å². The first kappa shape index (κ1) is 12.6. The molecule has 5 heteroatoms. The van der Waals surface area contributed by atoms with E-state index < -0.39 is 0 Å². The lowest BCUT2D eigenvalue weighted by Crippen LogP contribution is -2.26. The Morgan fingerprint density at radius 1 is 1.50 bits per heavy atom. The first-order chi connectivity index (χ1) is 8.65. The molecule has 0 saturated carbocycles. The number of carbonyl (C=O) groups excluding carboxylic acids is 1.